The topological polar surface area (TPSA) is 35.2 Å². The van der Waals surface area contributed by atoms with Crippen LogP contribution in [0.15, 0.2) is 34.1 Å². The van der Waals surface area contributed by atoms with Gasteiger partial charge in [-0.15, -0.1) is 11.3 Å². The number of halogens is 2. The Bertz CT molecular complexity index is 529. The zero-order chi connectivity index (χ0) is 13.0. The lowest BCUT2D eigenvalue weighted by Gasteiger charge is -2.12. The van der Waals surface area contributed by atoms with Crippen molar-refractivity contribution < 1.29 is 4.74 Å². The van der Waals surface area contributed by atoms with Crippen LogP contribution in [0, 0.1) is 0 Å². The van der Waals surface area contributed by atoms with E-state index < -0.39 is 0 Å². The van der Waals surface area contributed by atoms with Gasteiger partial charge in [0.1, 0.15) is 12.4 Å². The lowest BCUT2D eigenvalue weighted by molar-refractivity contribution is 0.306. The Labute approximate surface area is 124 Å². The van der Waals surface area contributed by atoms with E-state index in [1.807, 2.05) is 29.6 Å². The predicted molar refractivity (Wildman–Crippen MR) is 80.6 cm³/mol. The van der Waals surface area contributed by atoms with Crippen molar-refractivity contribution in [2.24, 2.45) is 5.73 Å². The first kappa shape index (κ1) is 13.9. The van der Waals surface area contributed by atoms with Crippen LogP contribution in [0.25, 0.3) is 0 Å². The molecule has 0 spiro atoms. The first-order valence-corrected chi connectivity index (χ1v) is 7.59. The molecule has 1 heterocycles. The van der Waals surface area contributed by atoms with E-state index in [1.165, 1.54) is 0 Å². The molecular formula is C13H13BrClNOS. The molecule has 0 saturated carbocycles. The fraction of sp³-hybridized carbons (Fsp3) is 0.231. The zero-order valence-corrected chi connectivity index (χ0v) is 12.8. The summed E-state index contributed by atoms with van der Waals surface area (Å²) in [5.41, 5.74) is 6.57. The van der Waals surface area contributed by atoms with Crippen LogP contribution in [0.4, 0.5) is 0 Å². The van der Waals surface area contributed by atoms with Crippen molar-refractivity contribution >= 4 is 38.9 Å². The maximum atomic E-state index is 6.16. The number of nitrogens with two attached hydrogens (primary N) is 1. The summed E-state index contributed by atoms with van der Waals surface area (Å²) in [5, 5.41) is 2.74. The van der Waals surface area contributed by atoms with Gasteiger partial charge in [-0.25, -0.2) is 0 Å². The van der Waals surface area contributed by atoms with Crippen molar-refractivity contribution in [3.05, 3.63) is 49.6 Å². The highest BCUT2D eigenvalue weighted by Crippen LogP contribution is 2.29. The van der Waals surface area contributed by atoms with Crippen molar-refractivity contribution in [1.29, 1.82) is 0 Å². The summed E-state index contributed by atoms with van der Waals surface area (Å²) in [4.78, 5) is 1.16. The Hall–Kier alpha value is -0.550. The molecule has 0 saturated heterocycles. The molecule has 0 aliphatic carbocycles. The van der Waals surface area contributed by atoms with Gasteiger partial charge in [0.25, 0.3) is 0 Å². The van der Waals surface area contributed by atoms with Crippen molar-refractivity contribution in [2.75, 3.05) is 6.54 Å². The number of ether oxygens (including phenoxy) is 1. The Kier molecular flexibility index (Phi) is 5.06. The summed E-state index contributed by atoms with van der Waals surface area (Å²) in [6, 6.07) is 7.70. The van der Waals surface area contributed by atoms with Crippen LogP contribution in [0.1, 0.15) is 10.4 Å². The zero-order valence-electron chi connectivity index (χ0n) is 9.66. The van der Waals surface area contributed by atoms with E-state index in [2.05, 4.69) is 15.9 Å². The first-order chi connectivity index (χ1) is 8.72. The summed E-state index contributed by atoms with van der Waals surface area (Å²) in [5.74, 6) is 0.813. The molecule has 0 amide bonds. The van der Waals surface area contributed by atoms with E-state index >= 15 is 0 Å². The normalized spacial score (nSPS) is 10.6. The minimum Gasteiger partial charge on any atom is -0.488 e. The summed E-state index contributed by atoms with van der Waals surface area (Å²) in [7, 11) is 0. The quantitative estimate of drug-likeness (QED) is 0.878. The van der Waals surface area contributed by atoms with Gasteiger partial charge in [-0.1, -0.05) is 17.7 Å². The minimum atomic E-state index is 0.538. The molecule has 0 aliphatic heterocycles. The van der Waals surface area contributed by atoms with Crippen molar-refractivity contribution in [3.63, 3.8) is 0 Å². The van der Waals surface area contributed by atoms with E-state index in [0.717, 1.165) is 27.1 Å². The smallest absolute Gasteiger partial charge is 0.124 e. The molecule has 2 N–H and O–H groups in total. The van der Waals surface area contributed by atoms with Crippen LogP contribution in [0.5, 0.6) is 5.75 Å². The van der Waals surface area contributed by atoms with Gasteiger partial charge in [0.15, 0.2) is 0 Å². The van der Waals surface area contributed by atoms with Gasteiger partial charge in [0, 0.05) is 15.1 Å². The molecule has 96 valence electrons. The summed E-state index contributed by atoms with van der Waals surface area (Å²) < 4.78 is 6.91. The minimum absolute atomic E-state index is 0.538. The summed E-state index contributed by atoms with van der Waals surface area (Å²) in [6.07, 6.45) is 0.723. The lowest BCUT2D eigenvalue weighted by Crippen LogP contribution is -2.06. The Balaban J connectivity index is 2.14. The number of benzene rings is 1. The average Bonchev–Trinajstić information content (AvgIpc) is 2.76. The van der Waals surface area contributed by atoms with Gasteiger partial charge in [-0.3, -0.25) is 0 Å². The number of thiophene rings is 1. The van der Waals surface area contributed by atoms with Crippen LogP contribution in [0.3, 0.4) is 0 Å². The van der Waals surface area contributed by atoms with Crippen molar-refractivity contribution in [2.45, 2.75) is 13.0 Å². The lowest BCUT2D eigenvalue weighted by atomic mass is 10.1. The molecule has 0 fully saturated rings. The molecule has 5 heteroatoms. The molecule has 0 aliphatic rings. The van der Waals surface area contributed by atoms with Gasteiger partial charge >= 0.3 is 0 Å². The molecule has 1 aromatic carbocycles. The van der Waals surface area contributed by atoms with E-state index in [0.29, 0.717) is 18.2 Å². The Morgan fingerprint density at radius 1 is 1.33 bits per heavy atom. The second-order valence-electron chi connectivity index (χ2n) is 3.74. The van der Waals surface area contributed by atoms with Gasteiger partial charge in [-0.05, 0) is 52.5 Å². The summed E-state index contributed by atoms with van der Waals surface area (Å²) in [6.45, 7) is 1.10. The van der Waals surface area contributed by atoms with Gasteiger partial charge in [-0.2, -0.15) is 0 Å². The average molecular weight is 347 g/mol. The molecule has 2 rings (SSSR count). The van der Waals surface area contributed by atoms with Gasteiger partial charge in [0.05, 0.1) is 4.88 Å². The maximum Gasteiger partial charge on any atom is 0.124 e. The Morgan fingerprint density at radius 2 is 2.17 bits per heavy atom. The monoisotopic (exact) mass is 345 g/mol. The van der Waals surface area contributed by atoms with E-state index in [1.54, 1.807) is 11.3 Å². The second kappa shape index (κ2) is 6.57. The maximum absolute atomic E-state index is 6.16. The summed E-state index contributed by atoms with van der Waals surface area (Å²) >= 11 is 11.3. The molecule has 0 atom stereocenters. The highest BCUT2D eigenvalue weighted by atomic mass is 79.9. The molecule has 1 aromatic heterocycles. The molecule has 0 radical (unpaired) electrons. The fourth-order valence-corrected chi connectivity index (χ4v) is 3.27. The third-order valence-electron chi connectivity index (χ3n) is 2.52. The van der Waals surface area contributed by atoms with Crippen molar-refractivity contribution in [1.82, 2.24) is 0 Å². The van der Waals surface area contributed by atoms with Gasteiger partial charge < -0.3 is 10.5 Å². The number of hydrogen-bond acceptors (Lipinski definition) is 3. The Morgan fingerprint density at radius 3 is 2.83 bits per heavy atom. The highest BCUT2D eigenvalue weighted by molar-refractivity contribution is 9.10. The highest BCUT2D eigenvalue weighted by Gasteiger charge is 2.09. The number of rotatable bonds is 5. The van der Waals surface area contributed by atoms with Crippen molar-refractivity contribution in [3.8, 4) is 5.75 Å². The predicted octanol–water partition coefficient (Wildman–Crippen LogP) is 4.24. The molecule has 18 heavy (non-hydrogen) atoms. The van der Waals surface area contributed by atoms with Gasteiger partial charge in [0.2, 0.25) is 0 Å². The van der Waals surface area contributed by atoms with Crippen LogP contribution in [-0.4, -0.2) is 6.54 Å². The van der Waals surface area contributed by atoms with Crippen LogP contribution >= 0.6 is 38.9 Å². The largest absolute Gasteiger partial charge is 0.488 e. The SMILES string of the molecule is NCCc1c(Cl)cccc1OCc1sccc1Br. The van der Waals surface area contributed by atoms with E-state index in [-0.39, 0.29) is 0 Å². The molecular weight excluding hydrogens is 334 g/mol. The van der Waals surface area contributed by atoms with Crippen LogP contribution < -0.4 is 10.5 Å². The fourth-order valence-electron chi connectivity index (χ4n) is 1.63. The number of hydrogen-bond donors (Lipinski definition) is 1. The third kappa shape index (κ3) is 3.26. The van der Waals surface area contributed by atoms with Crippen LogP contribution in [0.2, 0.25) is 5.02 Å². The molecule has 2 aromatic rings. The van der Waals surface area contributed by atoms with Crippen LogP contribution in [-0.2, 0) is 13.0 Å². The molecule has 2 nitrogen and oxygen atoms in total. The standard InChI is InChI=1S/C13H13BrClNOS/c14-10-5-7-18-13(10)8-17-12-3-1-2-11(15)9(12)4-6-16/h1-3,5,7H,4,6,8,16H2. The second-order valence-corrected chi connectivity index (χ2v) is 6.00. The van der Waals surface area contributed by atoms with E-state index in [9.17, 15) is 0 Å². The first-order valence-electron chi connectivity index (χ1n) is 5.54. The third-order valence-corrected chi connectivity index (χ3v) is 4.77. The molecule has 0 unspecified atom stereocenters. The molecule has 0 bridgehead atoms. The van der Waals surface area contributed by atoms with E-state index in [4.69, 9.17) is 22.1 Å².